The van der Waals surface area contributed by atoms with Crippen LogP contribution in [0.25, 0.3) is 0 Å². The summed E-state index contributed by atoms with van der Waals surface area (Å²) in [6, 6.07) is -0.178. The number of rotatable bonds is 6. The summed E-state index contributed by atoms with van der Waals surface area (Å²) < 4.78 is 23.4. The topological polar surface area (TPSA) is 107 Å². The number of aliphatic imine (C=N–C) groups is 1. The second-order valence-corrected chi connectivity index (χ2v) is 8.62. The summed E-state index contributed by atoms with van der Waals surface area (Å²) in [5, 5.41) is 10.7. The lowest BCUT2D eigenvalue weighted by Crippen LogP contribution is -2.37. The zero-order valence-corrected chi connectivity index (χ0v) is 13.6. The van der Waals surface area contributed by atoms with Crippen LogP contribution in [0, 0.1) is 0 Å². The molecule has 2 rings (SSSR count). The third-order valence-corrected chi connectivity index (χ3v) is 6.74. The number of carbonyl (C=O) groups is 2. The molecule has 0 aromatic rings. The Morgan fingerprint density at radius 2 is 2.14 bits per heavy atom. The van der Waals surface area contributed by atoms with Crippen LogP contribution in [0.15, 0.2) is 17.6 Å². The number of hydrogen-bond acceptors (Lipinski definition) is 6. The van der Waals surface area contributed by atoms with Crippen molar-refractivity contribution in [3.8, 4) is 0 Å². The van der Waals surface area contributed by atoms with Gasteiger partial charge in [-0.05, 0) is 12.8 Å². The molecule has 7 nitrogen and oxygen atoms in total. The Hall–Kier alpha value is -1.35. The molecular weight excluding hydrogens is 328 g/mol. The summed E-state index contributed by atoms with van der Waals surface area (Å²) in [7, 11) is -3.04. The van der Waals surface area contributed by atoms with Gasteiger partial charge < -0.3 is 14.8 Å². The molecule has 2 atom stereocenters. The van der Waals surface area contributed by atoms with E-state index in [-0.39, 0.29) is 42.1 Å². The normalized spacial score (nSPS) is 27.8. The minimum Gasteiger partial charge on any atom is -0.550 e. The quantitative estimate of drug-likeness (QED) is 0.579. The predicted octanol–water partition coefficient (Wildman–Crippen LogP) is -0.810. The molecule has 122 valence electrons. The molecule has 1 amide bonds. The standard InChI is InChI=1S/C13H18N2O5S2/c1-2-6-15-9-7-22(19,20)8-10(9)21-13(15)14-11(16)4-3-5-12(17)18/h2,9-10H,1,3-8H2,(H,17,18)/p-1/t9-,10-/m1/s1. The summed E-state index contributed by atoms with van der Waals surface area (Å²) >= 11 is 1.30. The van der Waals surface area contributed by atoms with E-state index in [4.69, 9.17) is 0 Å². The van der Waals surface area contributed by atoms with Gasteiger partial charge in [-0.25, -0.2) is 8.42 Å². The highest BCUT2D eigenvalue weighted by Gasteiger charge is 2.48. The Labute approximate surface area is 133 Å². The molecule has 0 aromatic carbocycles. The molecule has 0 bridgehead atoms. The highest BCUT2D eigenvalue weighted by atomic mass is 32.2. The van der Waals surface area contributed by atoms with Gasteiger partial charge in [-0.15, -0.1) is 6.58 Å². The van der Waals surface area contributed by atoms with Crippen molar-refractivity contribution in [2.75, 3.05) is 18.1 Å². The third kappa shape index (κ3) is 4.10. The Morgan fingerprint density at radius 3 is 2.77 bits per heavy atom. The van der Waals surface area contributed by atoms with E-state index in [1.807, 2.05) is 0 Å². The van der Waals surface area contributed by atoms with Gasteiger partial charge in [0.1, 0.15) is 0 Å². The molecule has 2 saturated heterocycles. The first kappa shape index (κ1) is 17.0. The fourth-order valence-corrected chi connectivity index (χ4v) is 6.51. The van der Waals surface area contributed by atoms with Crippen LogP contribution in [0.3, 0.4) is 0 Å². The number of carboxylic acid groups (broad SMARTS) is 1. The van der Waals surface area contributed by atoms with E-state index in [9.17, 15) is 23.1 Å². The Morgan fingerprint density at radius 1 is 1.41 bits per heavy atom. The van der Waals surface area contributed by atoms with Gasteiger partial charge in [0.25, 0.3) is 0 Å². The number of hydrogen-bond donors (Lipinski definition) is 0. The Balaban J connectivity index is 2.04. The zero-order valence-electron chi connectivity index (χ0n) is 11.9. The van der Waals surface area contributed by atoms with E-state index in [0.29, 0.717) is 11.7 Å². The van der Waals surface area contributed by atoms with Gasteiger partial charge in [0.2, 0.25) is 5.91 Å². The van der Waals surface area contributed by atoms with Crippen molar-refractivity contribution < 1.29 is 23.1 Å². The van der Waals surface area contributed by atoms with Crippen LogP contribution in [0.2, 0.25) is 0 Å². The van der Waals surface area contributed by atoms with Gasteiger partial charge >= 0.3 is 0 Å². The minimum atomic E-state index is -3.04. The molecule has 2 aliphatic rings. The second-order valence-electron chi connectivity index (χ2n) is 5.26. The number of amides is 1. The molecule has 0 saturated carbocycles. The maximum Gasteiger partial charge on any atom is 0.248 e. The zero-order chi connectivity index (χ0) is 16.3. The molecule has 2 aliphatic heterocycles. The SMILES string of the molecule is C=CCN1C(=NC(=O)CCCC(=O)[O-])S[C@@H]2CS(=O)(=O)C[C@H]21. The van der Waals surface area contributed by atoms with Crippen LogP contribution < -0.4 is 5.11 Å². The number of carbonyl (C=O) groups excluding carboxylic acids is 2. The monoisotopic (exact) mass is 345 g/mol. The molecule has 0 aromatic heterocycles. The first-order chi connectivity index (χ1) is 10.3. The van der Waals surface area contributed by atoms with Crippen LogP contribution in [-0.4, -0.2) is 59.7 Å². The summed E-state index contributed by atoms with van der Waals surface area (Å²) in [6.45, 7) is 4.07. The van der Waals surface area contributed by atoms with E-state index in [1.165, 1.54) is 11.8 Å². The minimum absolute atomic E-state index is 0.0353. The lowest BCUT2D eigenvalue weighted by Gasteiger charge is -2.22. The highest BCUT2D eigenvalue weighted by Crippen LogP contribution is 2.38. The fraction of sp³-hybridized carbons (Fsp3) is 0.615. The van der Waals surface area contributed by atoms with Gasteiger partial charge in [0, 0.05) is 24.2 Å². The number of thioether (sulfide) groups is 1. The molecule has 9 heteroatoms. The molecule has 2 fully saturated rings. The first-order valence-corrected chi connectivity index (χ1v) is 9.58. The highest BCUT2D eigenvalue weighted by molar-refractivity contribution is 8.15. The number of nitrogens with zero attached hydrogens (tertiary/aromatic N) is 2. The maximum absolute atomic E-state index is 11.8. The van der Waals surface area contributed by atoms with E-state index >= 15 is 0 Å². The van der Waals surface area contributed by atoms with Crippen molar-refractivity contribution in [3.63, 3.8) is 0 Å². The number of fused-ring (bicyclic) bond motifs is 1. The van der Waals surface area contributed by atoms with E-state index in [1.54, 1.807) is 11.0 Å². The van der Waals surface area contributed by atoms with Crippen LogP contribution in [-0.2, 0) is 19.4 Å². The van der Waals surface area contributed by atoms with Crippen LogP contribution in [0.5, 0.6) is 0 Å². The van der Waals surface area contributed by atoms with Gasteiger partial charge in [0.05, 0.1) is 17.5 Å². The lowest BCUT2D eigenvalue weighted by atomic mass is 10.2. The third-order valence-electron chi connectivity index (χ3n) is 3.49. The molecule has 0 spiro atoms. The van der Waals surface area contributed by atoms with Crippen molar-refractivity contribution >= 4 is 38.6 Å². The van der Waals surface area contributed by atoms with Crippen molar-refractivity contribution in [2.24, 2.45) is 4.99 Å². The lowest BCUT2D eigenvalue weighted by molar-refractivity contribution is -0.305. The summed E-state index contributed by atoms with van der Waals surface area (Å²) in [5.74, 6) is -1.44. The van der Waals surface area contributed by atoms with Crippen LogP contribution in [0.4, 0.5) is 0 Å². The van der Waals surface area contributed by atoms with Crippen molar-refractivity contribution in [2.45, 2.75) is 30.6 Å². The molecule has 0 aliphatic carbocycles. The fourth-order valence-electron chi connectivity index (χ4n) is 2.53. The van der Waals surface area contributed by atoms with Gasteiger partial charge in [-0.1, -0.05) is 17.8 Å². The smallest absolute Gasteiger partial charge is 0.248 e. The molecule has 0 radical (unpaired) electrons. The molecular formula is C13H17N2O5S2-. The average Bonchev–Trinajstić information content (AvgIpc) is 2.83. The summed E-state index contributed by atoms with van der Waals surface area (Å²) in [6.07, 6.45) is 1.69. The number of aliphatic carboxylic acids is 1. The molecule has 2 heterocycles. The maximum atomic E-state index is 11.8. The van der Waals surface area contributed by atoms with Crippen molar-refractivity contribution in [1.82, 2.24) is 4.90 Å². The van der Waals surface area contributed by atoms with E-state index in [0.717, 1.165) is 0 Å². The van der Waals surface area contributed by atoms with Crippen molar-refractivity contribution in [3.05, 3.63) is 12.7 Å². The van der Waals surface area contributed by atoms with Gasteiger partial charge in [-0.2, -0.15) is 4.99 Å². The Bertz CT molecular complexity index is 614. The van der Waals surface area contributed by atoms with E-state index in [2.05, 4.69) is 11.6 Å². The molecule has 0 N–H and O–H groups in total. The summed E-state index contributed by atoms with van der Waals surface area (Å²) in [4.78, 5) is 27.9. The average molecular weight is 345 g/mol. The first-order valence-electron chi connectivity index (χ1n) is 6.88. The van der Waals surface area contributed by atoms with Gasteiger partial charge in [0.15, 0.2) is 15.0 Å². The predicted molar refractivity (Wildman–Crippen MR) is 82.0 cm³/mol. The largest absolute Gasteiger partial charge is 0.550 e. The van der Waals surface area contributed by atoms with Crippen molar-refractivity contribution in [1.29, 1.82) is 0 Å². The van der Waals surface area contributed by atoms with Crippen LogP contribution >= 0.6 is 11.8 Å². The molecule has 0 unspecified atom stereocenters. The molecule has 22 heavy (non-hydrogen) atoms. The van der Waals surface area contributed by atoms with Gasteiger partial charge in [-0.3, -0.25) is 4.79 Å². The van der Waals surface area contributed by atoms with Crippen LogP contribution in [0.1, 0.15) is 19.3 Å². The number of sulfone groups is 1. The Kier molecular flexibility index (Phi) is 5.28. The second kappa shape index (κ2) is 6.82. The summed E-state index contributed by atoms with van der Waals surface area (Å²) in [5.41, 5.74) is 0. The number of amidine groups is 1. The number of carboxylic acids is 1. The van der Waals surface area contributed by atoms with E-state index < -0.39 is 21.7 Å².